The molecule has 0 N–H and O–H groups in total. The fourth-order valence-electron chi connectivity index (χ4n) is 8.08. The van der Waals surface area contributed by atoms with Gasteiger partial charge in [0.25, 0.3) is 0 Å². The van der Waals surface area contributed by atoms with Gasteiger partial charge in [-0.2, -0.15) is 0 Å². The van der Waals surface area contributed by atoms with Crippen molar-refractivity contribution in [3.05, 3.63) is 170 Å². The maximum atomic E-state index is 6.74. The zero-order chi connectivity index (χ0) is 32.8. The molecule has 234 valence electrons. The Morgan fingerprint density at radius 1 is 0.360 bits per heavy atom. The summed E-state index contributed by atoms with van der Waals surface area (Å²) in [5, 5.41) is 9.00. The molecule has 0 fully saturated rings. The third kappa shape index (κ3) is 3.76. The Bertz CT molecular complexity index is 3070. The van der Waals surface area contributed by atoms with Crippen LogP contribution in [0.25, 0.3) is 82.1 Å². The molecule has 3 heterocycles. The summed E-state index contributed by atoms with van der Waals surface area (Å²) < 4.78 is 15.6. The highest BCUT2D eigenvalue weighted by Crippen LogP contribution is 2.49. The van der Waals surface area contributed by atoms with Gasteiger partial charge in [0.15, 0.2) is 0 Å². The number of nitrogens with zero attached hydrogens (tertiary/aromatic N) is 2. The topological polar surface area (TPSA) is 34.5 Å². The van der Waals surface area contributed by atoms with Crippen molar-refractivity contribution in [1.82, 2.24) is 4.57 Å². The van der Waals surface area contributed by atoms with Gasteiger partial charge in [0, 0.05) is 26.9 Å². The minimum Gasteiger partial charge on any atom is -0.456 e. The zero-order valence-electron chi connectivity index (χ0n) is 26.9. The Kier molecular flexibility index (Phi) is 5.63. The van der Waals surface area contributed by atoms with Crippen molar-refractivity contribution < 1.29 is 8.83 Å². The van der Waals surface area contributed by atoms with E-state index in [-0.39, 0.29) is 0 Å². The largest absolute Gasteiger partial charge is 0.456 e. The molecular formula is C46H28N2O2. The summed E-state index contributed by atoms with van der Waals surface area (Å²) in [4.78, 5) is 2.41. The molecule has 0 radical (unpaired) electrons. The van der Waals surface area contributed by atoms with Gasteiger partial charge in [-0.3, -0.25) is 0 Å². The molecule has 0 spiro atoms. The fourth-order valence-corrected chi connectivity index (χ4v) is 8.08. The first kappa shape index (κ1) is 27.2. The molecule has 50 heavy (non-hydrogen) atoms. The van der Waals surface area contributed by atoms with Crippen molar-refractivity contribution in [2.45, 2.75) is 0 Å². The summed E-state index contributed by atoms with van der Waals surface area (Å²) in [6.45, 7) is 0. The molecule has 0 aliphatic heterocycles. The van der Waals surface area contributed by atoms with Gasteiger partial charge in [0.05, 0.1) is 44.6 Å². The molecule has 8 aromatic carbocycles. The quantitative estimate of drug-likeness (QED) is 0.192. The van der Waals surface area contributed by atoms with Crippen molar-refractivity contribution in [2.24, 2.45) is 0 Å². The molecule has 11 aromatic rings. The van der Waals surface area contributed by atoms with E-state index in [0.717, 1.165) is 88.4 Å². The van der Waals surface area contributed by atoms with Crippen LogP contribution in [0.5, 0.6) is 0 Å². The number of benzene rings is 8. The Balaban J connectivity index is 1.30. The first-order valence-electron chi connectivity index (χ1n) is 16.9. The smallest absolute Gasteiger partial charge is 0.143 e. The van der Waals surface area contributed by atoms with E-state index in [1.165, 1.54) is 10.8 Å². The fraction of sp³-hybridized carbons (Fsp3) is 0. The van der Waals surface area contributed by atoms with Crippen LogP contribution in [-0.2, 0) is 0 Å². The lowest BCUT2D eigenvalue weighted by Crippen LogP contribution is -2.13. The monoisotopic (exact) mass is 640 g/mol. The second kappa shape index (κ2) is 10.4. The van der Waals surface area contributed by atoms with Gasteiger partial charge in [0.1, 0.15) is 22.3 Å². The lowest BCUT2D eigenvalue weighted by molar-refractivity contribution is 0.669. The number of rotatable bonds is 4. The zero-order valence-corrected chi connectivity index (χ0v) is 26.9. The van der Waals surface area contributed by atoms with Crippen LogP contribution in [0.4, 0.5) is 17.1 Å². The second-order valence-electron chi connectivity index (χ2n) is 12.9. The molecule has 0 unspecified atom stereocenters. The van der Waals surface area contributed by atoms with Crippen molar-refractivity contribution in [1.29, 1.82) is 0 Å². The molecule has 3 aromatic heterocycles. The van der Waals surface area contributed by atoms with Gasteiger partial charge in [-0.15, -0.1) is 0 Å². The average Bonchev–Trinajstić information content (AvgIpc) is 3.86. The van der Waals surface area contributed by atoms with Gasteiger partial charge in [-0.25, -0.2) is 0 Å². The first-order valence-corrected chi connectivity index (χ1v) is 16.9. The molecule has 11 rings (SSSR count). The van der Waals surface area contributed by atoms with Crippen LogP contribution in [0, 0.1) is 0 Å². The molecule has 4 nitrogen and oxygen atoms in total. The third-order valence-electron chi connectivity index (χ3n) is 10.2. The van der Waals surface area contributed by atoms with Crippen LogP contribution >= 0.6 is 0 Å². The summed E-state index contributed by atoms with van der Waals surface area (Å²) >= 11 is 0. The highest BCUT2D eigenvalue weighted by molar-refractivity contribution is 6.21. The normalized spacial score (nSPS) is 12.0. The van der Waals surface area contributed by atoms with E-state index >= 15 is 0 Å². The molecule has 0 atom stereocenters. The Morgan fingerprint density at radius 2 is 0.900 bits per heavy atom. The van der Waals surface area contributed by atoms with E-state index in [1.54, 1.807) is 0 Å². The standard InChI is InChI=1S/C46H28N2O2/c1-2-14-30-29(13-1)27-28-34-45-40(23-12-26-43(45)50-46(30)34)48(39-22-11-25-42-44(39)33-17-5-10-24-41(33)49-42)38-21-9-8-20-37(38)47-35-18-6-3-15-31(35)32-16-4-7-19-36(32)47/h1-28H. The highest BCUT2D eigenvalue weighted by Gasteiger charge is 2.26. The van der Waals surface area contributed by atoms with Crippen LogP contribution in [0.1, 0.15) is 0 Å². The molecule has 0 aliphatic rings. The molecular weight excluding hydrogens is 613 g/mol. The number of para-hydroxylation sites is 5. The van der Waals surface area contributed by atoms with Gasteiger partial charge in [-0.05, 0) is 66.0 Å². The van der Waals surface area contributed by atoms with Crippen molar-refractivity contribution in [2.75, 3.05) is 4.90 Å². The Labute approximate surface area is 286 Å². The molecule has 0 saturated carbocycles. The van der Waals surface area contributed by atoms with E-state index < -0.39 is 0 Å². The first-order chi connectivity index (χ1) is 24.8. The van der Waals surface area contributed by atoms with Crippen LogP contribution in [0.2, 0.25) is 0 Å². The summed E-state index contributed by atoms with van der Waals surface area (Å²) in [6, 6.07) is 60.0. The predicted octanol–water partition coefficient (Wildman–Crippen LogP) is 13.2. The van der Waals surface area contributed by atoms with E-state index in [4.69, 9.17) is 8.83 Å². The van der Waals surface area contributed by atoms with Crippen LogP contribution in [0.15, 0.2) is 179 Å². The van der Waals surface area contributed by atoms with Crippen LogP contribution in [0.3, 0.4) is 0 Å². The number of hydrogen-bond acceptors (Lipinski definition) is 3. The molecule has 0 amide bonds. The van der Waals surface area contributed by atoms with Crippen LogP contribution in [-0.4, -0.2) is 4.57 Å². The van der Waals surface area contributed by atoms with E-state index in [1.807, 2.05) is 12.1 Å². The summed E-state index contributed by atoms with van der Waals surface area (Å²) in [7, 11) is 0. The van der Waals surface area contributed by atoms with Gasteiger partial charge >= 0.3 is 0 Å². The Morgan fingerprint density at radius 3 is 1.66 bits per heavy atom. The predicted molar refractivity (Wildman–Crippen MR) is 208 cm³/mol. The number of fused-ring (bicyclic) bond motifs is 11. The van der Waals surface area contributed by atoms with Crippen molar-refractivity contribution in [3.63, 3.8) is 0 Å². The highest BCUT2D eigenvalue weighted by atomic mass is 16.3. The average molecular weight is 641 g/mol. The Hall–Kier alpha value is -6.78. The molecule has 0 aliphatic carbocycles. The minimum atomic E-state index is 0.845. The van der Waals surface area contributed by atoms with Gasteiger partial charge < -0.3 is 18.3 Å². The summed E-state index contributed by atoms with van der Waals surface area (Å²) in [5.74, 6) is 0. The second-order valence-corrected chi connectivity index (χ2v) is 12.9. The van der Waals surface area contributed by atoms with Crippen LogP contribution < -0.4 is 4.90 Å². The van der Waals surface area contributed by atoms with Gasteiger partial charge in [0.2, 0.25) is 0 Å². The van der Waals surface area contributed by atoms with E-state index in [0.29, 0.717) is 0 Å². The lowest BCUT2D eigenvalue weighted by Gasteiger charge is -2.29. The van der Waals surface area contributed by atoms with E-state index in [9.17, 15) is 0 Å². The van der Waals surface area contributed by atoms with Crippen molar-refractivity contribution >= 4 is 93.5 Å². The molecule has 0 bridgehead atoms. The lowest BCUT2D eigenvalue weighted by atomic mass is 10.0. The number of anilines is 3. The summed E-state index contributed by atoms with van der Waals surface area (Å²) in [6.07, 6.45) is 0. The molecule has 4 heteroatoms. The number of aromatic nitrogens is 1. The van der Waals surface area contributed by atoms with E-state index in [2.05, 4.69) is 167 Å². The number of furan rings is 2. The molecule has 0 saturated heterocycles. The van der Waals surface area contributed by atoms with Gasteiger partial charge in [-0.1, -0.05) is 109 Å². The maximum Gasteiger partial charge on any atom is 0.143 e. The number of hydrogen-bond donors (Lipinski definition) is 0. The minimum absolute atomic E-state index is 0.845. The SMILES string of the molecule is c1ccc(-n2c3ccccc3c3ccccc32)c(N(c2cccc3oc4ccccc4c23)c2cccc3oc4c5ccccc5ccc4c23)c1. The third-order valence-corrected chi connectivity index (χ3v) is 10.2. The maximum absolute atomic E-state index is 6.74. The van der Waals surface area contributed by atoms with Crippen molar-refractivity contribution in [3.8, 4) is 5.69 Å². The summed E-state index contributed by atoms with van der Waals surface area (Å²) in [5.41, 5.74) is 9.95.